The molecule has 0 amide bonds. The van der Waals surface area contributed by atoms with Crippen LogP contribution in [0.4, 0.5) is 0 Å². The molecule has 0 aliphatic carbocycles. The first kappa shape index (κ1) is 11.2. The van der Waals surface area contributed by atoms with Crippen molar-refractivity contribution in [3.8, 4) is 0 Å². The first-order valence-electron chi connectivity index (χ1n) is 6.85. The Balaban J connectivity index is 1.64. The Morgan fingerprint density at radius 1 is 1.29 bits per heavy atom. The molecule has 1 aromatic carbocycles. The zero-order chi connectivity index (χ0) is 11.7. The van der Waals surface area contributed by atoms with E-state index in [0.29, 0.717) is 6.04 Å². The summed E-state index contributed by atoms with van der Waals surface area (Å²) in [5.41, 5.74) is 3.10. The van der Waals surface area contributed by atoms with E-state index in [-0.39, 0.29) is 0 Å². The Morgan fingerprint density at radius 2 is 2.12 bits per heavy atom. The molecule has 0 radical (unpaired) electrons. The zero-order valence-electron chi connectivity index (χ0n) is 10.7. The first-order chi connectivity index (χ1) is 8.33. The van der Waals surface area contributed by atoms with Crippen LogP contribution < -0.4 is 5.32 Å². The van der Waals surface area contributed by atoms with Gasteiger partial charge in [-0.1, -0.05) is 24.3 Å². The van der Waals surface area contributed by atoms with E-state index in [9.17, 15) is 0 Å². The number of hydrogen-bond acceptors (Lipinski definition) is 2. The number of fused-ring (bicyclic) bond motifs is 1. The Kier molecular flexibility index (Phi) is 3.17. The van der Waals surface area contributed by atoms with E-state index in [1.165, 1.54) is 38.0 Å². The molecule has 2 heterocycles. The third kappa shape index (κ3) is 2.38. The summed E-state index contributed by atoms with van der Waals surface area (Å²) in [5.74, 6) is 0.847. The molecule has 17 heavy (non-hydrogen) atoms. The summed E-state index contributed by atoms with van der Waals surface area (Å²) in [6.45, 7) is 7.19. The summed E-state index contributed by atoms with van der Waals surface area (Å²) in [7, 11) is 0. The quantitative estimate of drug-likeness (QED) is 0.836. The van der Waals surface area contributed by atoms with Gasteiger partial charge in [-0.2, -0.15) is 0 Å². The van der Waals surface area contributed by atoms with Crippen molar-refractivity contribution in [3.63, 3.8) is 0 Å². The monoisotopic (exact) mass is 230 g/mol. The highest BCUT2D eigenvalue weighted by Crippen LogP contribution is 2.22. The van der Waals surface area contributed by atoms with E-state index in [2.05, 4.69) is 41.4 Å². The standard InChI is InChI=1S/C15H22N2/c1-12-14(6-8-16-12)10-17-9-7-13-4-2-3-5-15(13)11-17/h2-5,12,14,16H,6-11H2,1H3. The van der Waals surface area contributed by atoms with Gasteiger partial charge in [0.2, 0.25) is 0 Å². The van der Waals surface area contributed by atoms with Crippen LogP contribution in [0.25, 0.3) is 0 Å². The van der Waals surface area contributed by atoms with Crippen LogP contribution in [0.5, 0.6) is 0 Å². The molecule has 2 aliphatic heterocycles. The number of nitrogens with one attached hydrogen (secondary N) is 1. The molecule has 3 rings (SSSR count). The maximum absolute atomic E-state index is 3.55. The van der Waals surface area contributed by atoms with Gasteiger partial charge < -0.3 is 5.32 Å². The van der Waals surface area contributed by atoms with Gasteiger partial charge in [0.1, 0.15) is 0 Å². The van der Waals surface area contributed by atoms with Crippen molar-refractivity contribution in [1.29, 1.82) is 0 Å². The fraction of sp³-hybridized carbons (Fsp3) is 0.600. The first-order valence-corrected chi connectivity index (χ1v) is 6.85. The van der Waals surface area contributed by atoms with Crippen molar-refractivity contribution in [2.45, 2.75) is 32.4 Å². The molecule has 1 N–H and O–H groups in total. The van der Waals surface area contributed by atoms with Crippen molar-refractivity contribution in [3.05, 3.63) is 35.4 Å². The Morgan fingerprint density at radius 3 is 2.88 bits per heavy atom. The molecule has 0 saturated carbocycles. The average Bonchev–Trinajstić information content (AvgIpc) is 2.75. The number of rotatable bonds is 2. The van der Waals surface area contributed by atoms with E-state index in [1.54, 1.807) is 5.56 Å². The summed E-state index contributed by atoms with van der Waals surface area (Å²) in [6.07, 6.45) is 2.57. The predicted molar refractivity (Wildman–Crippen MR) is 71.0 cm³/mol. The molecule has 2 unspecified atom stereocenters. The van der Waals surface area contributed by atoms with Gasteiger partial charge in [0, 0.05) is 25.7 Å². The minimum Gasteiger partial charge on any atom is -0.314 e. The van der Waals surface area contributed by atoms with E-state index in [0.717, 1.165) is 12.5 Å². The van der Waals surface area contributed by atoms with Crippen molar-refractivity contribution < 1.29 is 0 Å². The minimum absolute atomic E-state index is 0.701. The summed E-state index contributed by atoms with van der Waals surface area (Å²) in [5, 5.41) is 3.55. The fourth-order valence-corrected chi connectivity index (χ4v) is 3.20. The normalized spacial score (nSPS) is 29.2. The van der Waals surface area contributed by atoms with E-state index in [4.69, 9.17) is 0 Å². The maximum atomic E-state index is 3.55. The lowest BCUT2D eigenvalue weighted by Gasteiger charge is -2.31. The summed E-state index contributed by atoms with van der Waals surface area (Å²) >= 11 is 0. The molecule has 2 nitrogen and oxygen atoms in total. The summed E-state index contributed by atoms with van der Waals surface area (Å²) in [6, 6.07) is 9.61. The van der Waals surface area contributed by atoms with Gasteiger partial charge in [0.25, 0.3) is 0 Å². The van der Waals surface area contributed by atoms with Crippen LogP contribution in [0.15, 0.2) is 24.3 Å². The van der Waals surface area contributed by atoms with Gasteiger partial charge in [0.15, 0.2) is 0 Å². The van der Waals surface area contributed by atoms with Gasteiger partial charge >= 0.3 is 0 Å². The third-order valence-corrected chi connectivity index (χ3v) is 4.39. The highest BCUT2D eigenvalue weighted by atomic mass is 15.1. The van der Waals surface area contributed by atoms with Gasteiger partial charge in [-0.15, -0.1) is 0 Å². The van der Waals surface area contributed by atoms with Crippen molar-refractivity contribution in [1.82, 2.24) is 10.2 Å². The lowest BCUT2D eigenvalue weighted by atomic mass is 9.96. The molecule has 0 spiro atoms. The molecule has 2 heteroatoms. The summed E-state index contributed by atoms with van der Waals surface area (Å²) < 4.78 is 0. The highest BCUT2D eigenvalue weighted by molar-refractivity contribution is 5.29. The second-order valence-electron chi connectivity index (χ2n) is 5.55. The lowest BCUT2D eigenvalue weighted by Crippen LogP contribution is -2.37. The van der Waals surface area contributed by atoms with Gasteiger partial charge in [-0.3, -0.25) is 4.90 Å². The van der Waals surface area contributed by atoms with Crippen LogP contribution in [-0.4, -0.2) is 30.6 Å². The smallest absolute Gasteiger partial charge is 0.0236 e. The second kappa shape index (κ2) is 4.79. The lowest BCUT2D eigenvalue weighted by molar-refractivity contribution is 0.207. The van der Waals surface area contributed by atoms with Gasteiger partial charge in [-0.05, 0) is 43.4 Å². The van der Waals surface area contributed by atoms with Crippen molar-refractivity contribution >= 4 is 0 Å². The molecule has 2 aliphatic rings. The molecular weight excluding hydrogens is 208 g/mol. The zero-order valence-corrected chi connectivity index (χ0v) is 10.7. The van der Waals surface area contributed by atoms with Gasteiger partial charge in [0.05, 0.1) is 0 Å². The molecule has 2 atom stereocenters. The highest BCUT2D eigenvalue weighted by Gasteiger charge is 2.26. The fourth-order valence-electron chi connectivity index (χ4n) is 3.20. The third-order valence-electron chi connectivity index (χ3n) is 4.39. The van der Waals surface area contributed by atoms with Crippen molar-refractivity contribution in [2.75, 3.05) is 19.6 Å². The molecule has 1 saturated heterocycles. The SMILES string of the molecule is CC1NCCC1CN1CCc2ccccc2C1. The number of benzene rings is 1. The Bertz CT molecular complexity index is 388. The maximum Gasteiger partial charge on any atom is 0.0236 e. The van der Waals surface area contributed by atoms with Crippen LogP contribution in [0.2, 0.25) is 0 Å². The van der Waals surface area contributed by atoms with Gasteiger partial charge in [-0.25, -0.2) is 0 Å². The molecule has 0 aromatic heterocycles. The van der Waals surface area contributed by atoms with Crippen LogP contribution >= 0.6 is 0 Å². The molecular formula is C15H22N2. The number of hydrogen-bond donors (Lipinski definition) is 1. The minimum atomic E-state index is 0.701. The predicted octanol–water partition coefficient (Wildman–Crippen LogP) is 2.04. The number of nitrogens with zero attached hydrogens (tertiary/aromatic N) is 1. The van der Waals surface area contributed by atoms with Crippen LogP contribution in [0.1, 0.15) is 24.5 Å². The van der Waals surface area contributed by atoms with Crippen LogP contribution in [0.3, 0.4) is 0 Å². The Labute approximate surface area is 104 Å². The van der Waals surface area contributed by atoms with Crippen LogP contribution in [0, 0.1) is 5.92 Å². The van der Waals surface area contributed by atoms with E-state index >= 15 is 0 Å². The summed E-state index contributed by atoms with van der Waals surface area (Å²) in [4.78, 5) is 2.64. The topological polar surface area (TPSA) is 15.3 Å². The molecule has 0 bridgehead atoms. The van der Waals surface area contributed by atoms with Crippen molar-refractivity contribution in [2.24, 2.45) is 5.92 Å². The van der Waals surface area contributed by atoms with E-state index in [1.807, 2.05) is 0 Å². The van der Waals surface area contributed by atoms with E-state index < -0.39 is 0 Å². The average molecular weight is 230 g/mol. The molecule has 92 valence electrons. The molecule has 1 aromatic rings. The Hall–Kier alpha value is -0.860. The largest absolute Gasteiger partial charge is 0.314 e. The molecule has 1 fully saturated rings. The second-order valence-corrected chi connectivity index (χ2v) is 5.55. The van der Waals surface area contributed by atoms with Crippen LogP contribution in [-0.2, 0) is 13.0 Å².